The molecule has 11 heteroatoms. The van der Waals surface area contributed by atoms with Crippen LogP contribution in [0.1, 0.15) is 34.8 Å². The number of ether oxygens (including phenoxy) is 2. The van der Waals surface area contributed by atoms with Gasteiger partial charge in [-0.15, -0.1) is 0 Å². The standard InChI is InChI=1S/C24H22BrN7O3/c1-14(22-27-5-2-6-28-22)32(11-17-3-4-18(10-29-17)35-19-12-34-13-19)24(33)16-7-15-8-20(25)21(26)31-23(15)30-9-16/h2-10,14,19H,11-13H2,1H3,(H2,26,30,31)/t14-/m1/s1. The summed E-state index contributed by atoms with van der Waals surface area (Å²) in [6.45, 7) is 3.29. The largest absolute Gasteiger partial charge is 0.484 e. The summed E-state index contributed by atoms with van der Waals surface area (Å²) in [5.41, 5.74) is 7.43. The van der Waals surface area contributed by atoms with Crippen LogP contribution in [-0.4, -0.2) is 55.0 Å². The van der Waals surface area contributed by atoms with Crippen molar-refractivity contribution in [3.63, 3.8) is 0 Å². The number of carbonyl (C=O) groups is 1. The number of halogens is 1. The lowest BCUT2D eigenvalue weighted by atomic mass is 10.1. The molecule has 0 aliphatic carbocycles. The number of rotatable bonds is 7. The Morgan fingerprint density at radius 1 is 1.20 bits per heavy atom. The van der Waals surface area contributed by atoms with E-state index in [1.807, 2.05) is 19.1 Å². The SMILES string of the molecule is C[C@H](c1ncccn1)N(Cc1ccc(OC2COC2)cn1)C(=O)c1cnc2nc(N)c(Br)cc2c1. The average molecular weight is 536 g/mol. The molecule has 5 rings (SSSR count). The Hall–Kier alpha value is -3.70. The van der Waals surface area contributed by atoms with Gasteiger partial charge in [0.2, 0.25) is 0 Å². The van der Waals surface area contributed by atoms with Crippen LogP contribution in [-0.2, 0) is 11.3 Å². The summed E-state index contributed by atoms with van der Waals surface area (Å²) in [5, 5.41) is 0.695. The monoisotopic (exact) mass is 535 g/mol. The van der Waals surface area contributed by atoms with Gasteiger partial charge in [0.05, 0.1) is 47.7 Å². The topological polar surface area (TPSA) is 129 Å². The Morgan fingerprint density at radius 3 is 2.69 bits per heavy atom. The molecule has 0 aromatic carbocycles. The van der Waals surface area contributed by atoms with E-state index in [0.29, 0.717) is 57.4 Å². The first kappa shape index (κ1) is 23.1. The van der Waals surface area contributed by atoms with Gasteiger partial charge in [0, 0.05) is 24.0 Å². The molecule has 178 valence electrons. The number of carbonyl (C=O) groups excluding carboxylic acids is 1. The minimum absolute atomic E-state index is 0.0567. The maximum absolute atomic E-state index is 13.7. The average Bonchev–Trinajstić information content (AvgIpc) is 2.86. The van der Waals surface area contributed by atoms with Crippen molar-refractivity contribution in [1.82, 2.24) is 29.8 Å². The fourth-order valence-electron chi connectivity index (χ4n) is 3.61. The Morgan fingerprint density at radius 2 is 2.00 bits per heavy atom. The van der Waals surface area contributed by atoms with Crippen LogP contribution < -0.4 is 10.5 Å². The predicted octanol–water partition coefficient (Wildman–Crippen LogP) is 3.34. The number of nitrogens with two attached hydrogens (primary N) is 1. The van der Waals surface area contributed by atoms with Gasteiger partial charge in [0.1, 0.15) is 23.5 Å². The lowest BCUT2D eigenvalue weighted by Gasteiger charge is -2.28. The zero-order chi connectivity index (χ0) is 24.4. The predicted molar refractivity (Wildman–Crippen MR) is 131 cm³/mol. The molecule has 4 aromatic rings. The van der Waals surface area contributed by atoms with E-state index in [-0.39, 0.29) is 18.6 Å². The van der Waals surface area contributed by atoms with Crippen molar-refractivity contribution in [2.24, 2.45) is 0 Å². The number of fused-ring (bicyclic) bond motifs is 1. The molecule has 1 atom stereocenters. The van der Waals surface area contributed by atoms with Crippen molar-refractivity contribution in [1.29, 1.82) is 0 Å². The van der Waals surface area contributed by atoms with Gasteiger partial charge in [-0.1, -0.05) is 0 Å². The zero-order valence-electron chi connectivity index (χ0n) is 18.8. The molecule has 2 N–H and O–H groups in total. The van der Waals surface area contributed by atoms with Crippen LogP contribution in [0.2, 0.25) is 0 Å². The number of hydrogen-bond donors (Lipinski definition) is 1. The third-order valence-electron chi connectivity index (χ3n) is 5.62. The summed E-state index contributed by atoms with van der Waals surface area (Å²) in [6, 6.07) is 8.55. The molecule has 1 fully saturated rings. The number of anilines is 1. The van der Waals surface area contributed by atoms with Crippen molar-refractivity contribution < 1.29 is 14.3 Å². The summed E-state index contributed by atoms with van der Waals surface area (Å²) in [4.78, 5) is 37.2. The molecule has 1 aliphatic heterocycles. The highest BCUT2D eigenvalue weighted by Gasteiger charge is 2.26. The van der Waals surface area contributed by atoms with Gasteiger partial charge in [-0.05, 0) is 53.2 Å². The van der Waals surface area contributed by atoms with Crippen molar-refractivity contribution in [2.75, 3.05) is 18.9 Å². The molecule has 1 saturated heterocycles. The van der Waals surface area contributed by atoms with Crippen LogP contribution in [0, 0.1) is 0 Å². The molecular formula is C24H22BrN7O3. The van der Waals surface area contributed by atoms with Crippen LogP contribution in [0.5, 0.6) is 5.75 Å². The number of nitrogens with zero attached hydrogens (tertiary/aromatic N) is 6. The van der Waals surface area contributed by atoms with Gasteiger partial charge < -0.3 is 20.1 Å². The van der Waals surface area contributed by atoms with Crippen LogP contribution in [0.15, 0.2) is 59.6 Å². The van der Waals surface area contributed by atoms with Gasteiger partial charge in [-0.3, -0.25) is 9.78 Å². The van der Waals surface area contributed by atoms with E-state index in [1.165, 1.54) is 6.20 Å². The molecule has 0 unspecified atom stereocenters. The van der Waals surface area contributed by atoms with Gasteiger partial charge in [-0.2, -0.15) is 0 Å². The van der Waals surface area contributed by atoms with E-state index < -0.39 is 6.04 Å². The van der Waals surface area contributed by atoms with Gasteiger partial charge in [0.15, 0.2) is 5.65 Å². The lowest BCUT2D eigenvalue weighted by molar-refractivity contribution is -0.0798. The Kier molecular flexibility index (Phi) is 6.51. The Balaban J connectivity index is 1.44. The fourth-order valence-corrected chi connectivity index (χ4v) is 3.94. The summed E-state index contributed by atoms with van der Waals surface area (Å²) < 4.78 is 11.6. The van der Waals surface area contributed by atoms with E-state index in [2.05, 4.69) is 40.8 Å². The number of nitrogen functional groups attached to an aromatic ring is 1. The van der Waals surface area contributed by atoms with E-state index in [4.69, 9.17) is 15.2 Å². The molecule has 10 nitrogen and oxygen atoms in total. The number of aromatic nitrogens is 5. The number of amides is 1. The van der Waals surface area contributed by atoms with E-state index >= 15 is 0 Å². The number of pyridine rings is 3. The molecule has 0 radical (unpaired) electrons. The minimum atomic E-state index is -0.416. The highest BCUT2D eigenvalue weighted by Crippen LogP contribution is 2.26. The van der Waals surface area contributed by atoms with Crippen LogP contribution >= 0.6 is 15.9 Å². The Labute approximate surface area is 209 Å². The summed E-state index contributed by atoms with van der Waals surface area (Å²) in [5.74, 6) is 1.29. The highest BCUT2D eigenvalue weighted by atomic mass is 79.9. The smallest absolute Gasteiger partial charge is 0.256 e. The normalized spacial score (nSPS) is 14.3. The van der Waals surface area contributed by atoms with Crippen molar-refractivity contribution in [2.45, 2.75) is 25.6 Å². The third-order valence-corrected chi connectivity index (χ3v) is 6.26. The molecular weight excluding hydrogens is 514 g/mol. The Bertz CT molecular complexity index is 1350. The highest BCUT2D eigenvalue weighted by molar-refractivity contribution is 9.10. The first-order chi connectivity index (χ1) is 17.0. The van der Waals surface area contributed by atoms with Crippen molar-refractivity contribution in [3.8, 4) is 5.75 Å². The fraction of sp³-hybridized carbons (Fsp3) is 0.250. The van der Waals surface area contributed by atoms with Gasteiger partial charge in [0.25, 0.3) is 5.91 Å². The van der Waals surface area contributed by atoms with Crippen molar-refractivity contribution in [3.05, 3.63) is 76.7 Å². The third kappa shape index (κ3) is 5.05. The molecule has 0 bridgehead atoms. The van der Waals surface area contributed by atoms with Crippen LogP contribution in [0.25, 0.3) is 11.0 Å². The lowest BCUT2D eigenvalue weighted by Crippen LogP contribution is -2.38. The second kappa shape index (κ2) is 9.88. The molecule has 0 spiro atoms. The van der Waals surface area contributed by atoms with Gasteiger partial charge in [-0.25, -0.2) is 19.9 Å². The molecule has 1 aliphatic rings. The molecule has 35 heavy (non-hydrogen) atoms. The van der Waals surface area contributed by atoms with Crippen molar-refractivity contribution >= 4 is 38.7 Å². The molecule has 4 aromatic heterocycles. The summed E-state index contributed by atoms with van der Waals surface area (Å²) >= 11 is 3.38. The second-order valence-electron chi connectivity index (χ2n) is 8.10. The number of hydrogen-bond acceptors (Lipinski definition) is 9. The summed E-state index contributed by atoms with van der Waals surface area (Å²) in [7, 11) is 0. The van der Waals surface area contributed by atoms with E-state index in [9.17, 15) is 4.79 Å². The quantitative estimate of drug-likeness (QED) is 0.378. The maximum Gasteiger partial charge on any atom is 0.256 e. The zero-order valence-corrected chi connectivity index (χ0v) is 20.4. The minimum Gasteiger partial charge on any atom is -0.484 e. The first-order valence-corrected chi connectivity index (χ1v) is 11.8. The molecule has 5 heterocycles. The van der Waals surface area contributed by atoms with Crippen LogP contribution in [0.3, 0.4) is 0 Å². The second-order valence-corrected chi connectivity index (χ2v) is 8.96. The maximum atomic E-state index is 13.7. The van der Waals surface area contributed by atoms with Gasteiger partial charge >= 0.3 is 0 Å². The molecule has 0 saturated carbocycles. The first-order valence-electron chi connectivity index (χ1n) is 11.0. The summed E-state index contributed by atoms with van der Waals surface area (Å²) in [6.07, 6.45) is 6.52. The molecule has 1 amide bonds. The van der Waals surface area contributed by atoms with E-state index in [0.717, 1.165) is 0 Å². The van der Waals surface area contributed by atoms with Crippen LogP contribution in [0.4, 0.5) is 5.82 Å². The van der Waals surface area contributed by atoms with E-state index in [1.54, 1.807) is 41.7 Å².